The first-order valence-electron chi connectivity index (χ1n) is 5.16. The van der Waals surface area contributed by atoms with E-state index in [1.54, 1.807) is 0 Å². The van der Waals surface area contributed by atoms with Gasteiger partial charge in [-0.05, 0) is 6.42 Å². The summed E-state index contributed by atoms with van der Waals surface area (Å²) in [5.41, 5.74) is 0. The first kappa shape index (κ1) is 16.6. The molecule has 108 valence electrons. The number of esters is 1. The fourth-order valence-corrected chi connectivity index (χ4v) is 5.34. The highest BCUT2D eigenvalue weighted by molar-refractivity contribution is 6.65. The molecule has 2 bridgehead atoms. The highest BCUT2D eigenvalue weighted by Gasteiger charge is 2.78. The molecule has 0 spiro atoms. The topological polar surface area (TPSA) is 26.3 Å². The highest BCUT2D eigenvalue weighted by atomic mass is 35.5. The van der Waals surface area contributed by atoms with E-state index < -0.39 is 26.0 Å². The summed E-state index contributed by atoms with van der Waals surface area (Å²) in [5, 5.41) is 0.227. The summed E-state index contributed by atoms with van der Waals surface area (Å²) in [6, 6.07) is 0. The molecule has 9 heteroatoms. The molecule has 0 heterocycles. The number of carbonyl (C=O) groups is 1. The molecule has 0 saturated heterocycles. The summed E-state index contributed by atoms with van der Waals surface area (Å²) in [6.07, 6.45) is 0.246. The zero-order valence-electron chi connectivity index (χ0n) is 9.16. The normalized spacial score (nSPS) is 39.8. The lowest BCUT2D eigenvalue weighted by Gasteiger charge is -2.33. The van der Waals surface area contributed by atoms with E-state index in [0.29, 0.717) is 0 Å². The predicted molar refractivity (Wildman–Crippen MR) is 80.1 cm³/mol. The van der Waals surface area contributed by atoms with Crippen molar-refractivity contribution < 1.29 is 9.53 Å². The zero-order valence-corrected chi connectivity index (χ0v) is 14.5. The van der Waals surface area contributed by atoms with E-state index in [4.69, 9.17) is 85.9 Å². The summed E-state index contributed by atoms with van der Waals surface area (Å²) in [5.74, 6) is -1.29. The third kappa shape index (κ3) is 2.02. The average Bonchev–Trinajstić information content (AvgIpc) is 2.57. The number of carbonyl (C=O) groups excluding carboxylic acids is 1. The van der Waals surface area contributed by atoms with E-state index in [1.807, 2.05) is 0 Å². The molecular formula is C10H7Cl7O2. The third-order valence-electron chi connectivity index (χ3n) is 3.46. The minimum atomic E-state index is -1.59. The Bertz CT molecular complexity index is 463. The maximum atomic E-state index is 11.1. The number of ether oxygens (including phenoxy) is 1. The van der Waals surface area contributed by atoms with Gasteiger partial charge in [0.15, 0.2) is 4.33 Å². The molecule has 0 aromatic carbocycles. The van der Waals surface area contributed by atoms with E-state index in [1.165, 1.54) is 0 Å². The maximum Gasteiger partial charge on any atom is 0.320 e. The summed E-state index contributed by atoms with van der Waals surface area (Å²) in [6.45, 7) is -0.0366. The van der Waals surface area contributed by atoms with Gasteiger partial charge in [-0.2, -0.15) is 0 Å². The molecule has 2 nitrogen and oxygen atoms in total. The van der Waals surface area contributed by atoms with Crippen molar-refractivity contribution in [2.75, 3.05) is 12.5 Å². The van der Waals surface area contributed by atoms with Crippen molar-refractivity contribution in [3.63, 3.8) is 0 Å². The Morgan fingerprint density at radius 2 is 1.79 bits per heavy atom. The van der Waals surface area contributed by atoms with Crippen LogP contribution >= 0.6 is 81.2 Å². The molecule has 0 radical (unpaired) electrons. The van der Waals surface area contributed by atoms with E-state index in [2.05, 4.69) is 0 Å². The molecule has 0 amide bonds. The summed E-state index contributed by atoms with van der Waals surface area (Å²) < 4.78 is 3.37. The lowest BCUT2D eigenvalue weighted by molar-refractivity contribution is -0.142. The van der Waals surface area contributed by atoms with Crippen LogP contribution in [0.1, 0.15) is 6.42 Å². The summed E-state index contributed by atoms with van der Waals surface area (Å²) in [4.78, 5) is 8.43. The molecule has 2 rings (SSSR count). The van der Waals surface area contributed by atoms with E-state index in [0.717, 1.165) is 0 Å². The van der Waals surface area contributed by atoms with Gasteiger partial charge in [0.25, 0.3) is 0 Å². The molecule has 3 atom stereocenters. The fraction of sp³-hybridized carbons (Fsp3) is 0.700. The molecule has 2 aliphatic rings. The maximum absolute atomic E-state index is 11.1. The van der Waals surface area contributed by atoms with E-state index >= 15 is 0 Å². The van der Waals surface area contributed by atoms with Crippen LogP contribution in [-0.4, -0.2) is 32.5 Å². The Labute approximate surface area is 145 Å². The molecule has 1 fully saturated rings. The van der Waals surface area contributed by atoms with Gasteiger partial charge < -0.3 is 4.74 Å². The van der Waals surface area contributed by atoms with Crippen molar-refractivity contribution in [1.29, 1.82) is 0 Å². The van der Waals surface area contributed by atoms with Gasteiger partial charge in [0.1, 0.15) is 15.6 Å². The van der Waals surface area contributed by atoms with Crippen LogP contribution in [0.25, 0.3) is 0 Å². The molecular weight excluding hydrogens is 400 g/mol. The number of halogens is 7. The minimum absolute atomic E-state index is 0.0366. The molecule has 2 aliphatic carbocycles. The van der Waals surface area contributed by atoms with Crippen molar-refractivity contribution in [2.45, 2.75) is 20.5 Å². The Hall–Kier alpha value is 1.24. The van der Waals surface area contributed by atoms with Gasteiger partial charge in [-0.1, -0.05) is 46.4 Å². The number of hydrogen-bond donors (Lipinski definition) is 0. The second-order valence-corrected chi connectivity index (χ2v) is 8.02. The van der Waals surface area contributed by atoms with E-state index in [9.17, 15) is 4.79 Å². The average molecular weight is 407 g/mol. The number of hydrogen-bond acceptors (Lipinski definition) is 2. The SMILES string of the molecule is O=C(CCl)OCC1CC2(Cl)C(Cl)=C(Cl)C1(Cl)C2(Cl)Cl. The molecule has 0 aromatic rings. The van der Waals surface area contributed by atoms with Crippen LogP contribution in [0.2, 0.25) is 0 Å². The largest absolute Gasteiger partial charge is 0.464 e. The highest BCUT2D eigenvalue weighted by Crippen LogP contribution is 2.74. The quantitative estimate of drug-likeness (QED) is 0.504. The van der Waals surface area contributed by atoms with Gasteiger partial charge in [0.05, 0.1) is 16.7 Å². The molecule has 1 saturated carbocycles. The standard InChI is InChI=1S/C10H7Cl7O2/c11-2-5(18)19-3-4-1-8(14)6(12)7(13)9(4,15)10(8,16)17/h4H,1-3H2. The van der Waals surface area contributed by atoms with Crippen molar-refractivity contribution in [3.8, 4) is 0 Å². The van der Waals surface area contributed by atoms with Crippen LogP contribution < -0.4 is 0 Å². The molecule has 0 aliphatic heterocycles. The zero-order chi connectivity index (χ0) is 14.6. The first-order chi connectivity index (χ1) is 8.63. The number of fused-ring (bicyclic) bond motifs is 2. The van der Waals surface area contributed by atoms with Crippen molar-refractivity contribution in [1.82, 2.24) is 0 Å². The van der Waals surface area contributed by atoms with Crippen LogP contribution in [0.5, 0.6) is 0 Å². The van der Waals surface area contributed by atoms with Crippen LogP contribution in [0, 0.1) is 5.92 Å². The Balaban J connectivity index is 2.31. The molecule has 19 heavy (non-hydrogen) atoms. The van der Waals surface area contributed by atoms with Crippen LogP contribution in [0.15, 0.2) is 10.1 Å². The van der Waals surface area contributed by atoms with Gasteiger partial charge in [0.2, 0.25) is 0 Å². The number of rotatable bonds is 3. The lowest BCUT2D eigenvalue weighted by atomic mass is 9.93. The second kappa shape index (κ2) is 5.15. The van der Waals surface area contributed by atoms with Crippen molar-refractivity contribution >= 4 is 87.2 Å². The molecule has 0 N–H and O–H groups in total. The minimum Gasteiger partial charge on any atom is -0.464 e. The van der Waals surface area contributed by atoms with E-state index in [-0.39, 0.29) is 29.0 Å². The predicted octanol–water partition coefficient (Wildman–Crippen LogP) is 4.62. The summed E-state index contributed by atoms with van der Waals surface area (Å²) >= 11 is 42.9. The van der Waals surface area contributed by atoms with Crippen LogP contribution in [-0.2, 0) is 9.53 Å². The number of alkyl halides is 5. The second-order valence-electron chi connectivity index (χ2n) is 4.43. The van der Waals surface area contributed by atoms with Crippen molar-refractivity contribution in [3.05, 3.63) is 10.1 Å². The van der Waals surface area contributed by atoms with Gasteiger partial charge in [-0.3, -0.25) is 4.79 Å². The van der Waals surface area contributed by atoms with Gasteiger partial charge in [0, 0.05) is 5.92 Å². The summed E-state index contributed by atoms with van der Waals surface area (Å²) in [7, 11) is 0. The smallest absolute Gasteiger partial charge is 0.320 e. The lowest BCUT2D eigenvalue weighted by Crippen LogP contribution is -2.45. The third-order valence-corrected chi connectivity index (χ3v) is 8.00. The van der Waals surface area contributed by atoms with Gasteiger partial charge in [-0.15, -0.1) is 34.8 Å². The number of allylic oxidation sites excluding steroid dienone is 2. The Morgan fingerprint density at radius 1 is 1.21 bits per heavy atom. The molecule has 3 unspecified atom stereocenters. The first-order valence-corrected chi connectivity index (χ1v) is 7.96. The molecule has 0 aromatic heterocycles. The van der Waals surface area contributed by atoms with Crippen LogP contribution in [0.3, 0.4) is 0 Å². The van der Waals surface area contributed by atoms with Gasteiger partial charge in [-0.25, -0.2) is 0 Å². The fourth-order valence-electron chi connectivity index (χ4n) is 2.44. The van der Waals surface area contributed by atoms with Crippen molar-refractivity contribution in [2.24, 2.45) is 5.92 Å². The van der Waals surface area contributed by atoms with Crippen LogP contribution in [0.4, 0.5) is 0 Å². The van der Waals surface area contributed by atoms with Gasteiger partial charge >= 0.3 is 5.97 Å². The Morgan fingerprint density at radius 3 is 2.21 bits per heavy atom. The Kier molecular flexibility index (Phi) is 4.51. The monoisotopic (exact) mass is 404 g/mol.